The summed E-state index contributed by atoms with van der Waals surface area (Å²) in [6.07, 6.45) is 3.60. The van der Waals surface area contributed by atoms with Gasteiger partial charge in [0.1, 0.15) is 18.0 Å². The molecule has 25 heavy (non-hydrogen) atoms. The van der Waals surface area contributed by atoms with Crippen molar-refractivity contribution in [3.05, 3.63) is 77.1 Å². The number of nitrogens with one attached hydrogen (secondary N) is 1. The molecule has 0 atom stereocenters. The van der Waals surface area contributed by atoms with Gasteiger partial charge in [-0.15, -0.1) is 0 Å². The van der Waals surface area contributed by atoms with E-state index in [9.17, 15) is 0 Å². The number of benzene rings is 2. The molecule has 3 aromatic rings. The third-order valence-electron chi connectivity index (χ3n) is 4.45. The molecule has 4 rings (SSSR count). The standard InChI is InChI=1S/C20H19ClN4/c21-17-7-5-15(6-8-17)9-11-22-19-13-20(24-14-23-19)25-12-10-16-3-1-2-4-18(16)25/h1-8,13-14H,9-12H2,(H,22,23,24). The summed E-state index contributed by atoms with van der Waals surface area (Å²) in [5, 5.41) is 4.15. The van der Waals surface area contributed by atoms with Crippen molar-refractivity contribution >= 4 is 28.9 Å². The van der Waals surface area contributed by atoms with Gasteiger partial charge in [-0.3, -0.25) is 0 Å². The van der Waals surface area contributed by atoms with Gasteiger partial charge in [0.25, 0.3) is 0 Å². The van der Waals surface area contributed by atoms with Gasteiger partial charge < -0.3 is 10.2 Å². The molecule has 1 aliphatic heterocycles. The smallest absolute Gasteiger partial charge is 0.138 e. The minimum absolute atomic E-state index is 0.767. The summed E-state index contributed by atoms with van der Waals surface area (Å²) in [4.78, 5) is 11.0. The van der Waals surface area contributed by atoms with Crippen LogP contribution in [0.15, 0.2) is 60.9 Å². The molecule has 1 N–H and O–H groups in total. The largest absolute Gasteiger partial charge is 0.370 e. The highest BCUT2D eigenvalue weighted by molar-refractivity contribution is 6.30. The molecule has 1 aliphatic rings. The molecule has 0 radical (unpaired) electrons. The molecule has 5 heteroatoms. The maximum atomic E-state index is 5.92. The van der Waals surface area contributed by atoms with E-state index < -0.39 is 0 Å². The molecule has 0 saturated heterocycles. The van der Waals surface area contributed by atoms with Crippen LogP contribution >= 0.6 is 11.6 Å². The van der Waals surface area contributed by atoms with Crippen molar-refractivity contribution in [1.82, 2.24) is 9.97 Å². The van der Waals surface area contributed by atoms with Gasteiger partial charge in [0.15, 0.2) is 0 Å². The Bertz CT molecular complexity index is 864. The van der Waals surface area contributed by atoms with Gasteiger partial charge in [-0.2, -0.15) is 0 Å². The molecule has 0 saturated carbocycles. The van der Waals surface area contributed by atoms with Crippen molar-refractivity contribution in [2.75, 3.05) is 23.3 Å². The predicted octanol–water partition coefficient (Wildman–Crippen LogP) is 4.48. The predicted molar refractivity (Wildman–Crippen MR) is 103 cm³/mol. The Hall–Kier alpha value is -2.59. The quantitative estimate of drug-likeness (QED) is 0.736. The highest BCUT2D eigenvalue weighted by Gasteiger charge is 2.20. The fourth-order valence-electron chi connectivity index (χ4n) is 3.15. The third kappa shape index (κ3) is 3.59. The minimum Gasteiger partial charge on any atom is -0.370 e. The first-order valence-electron chi connectivity index (χ1n) is 8.45. The lowest BCUT2D eigenvalue weighted by molar-refractivity contribution is 0.956. The number of hydrogen-bond acceptors (Lipinski definition) is 4. The second-order valence-corrected chi connectivity index (χ2v) is 6.53. The van der Waals surface area contributed by atoms with Crippen LogP contribution in [0.2, 0.25) is 5.02 Å². The maximum Gasteiger partial charge on any atom is 0.138 e. The zero-order chi connectivity index (χ0) is 17.1. The summed E-state index contributed by atoms with van der Waals surface area (Å²) in [7, 11) is 0. The summed E-state index contributed by atoms with van der Waals surface area (Å²) in [6.45, 7) is 1.77. The average Bonchev–Trinajstić information content (AvgIpc) is 3.08. The van der Waals surface area contributed by atoms with Gasteiger partial charge in [-0.05, 0) is 42.2 Å². The number of nitrogens with zero attached hydrogens (tertiary/aromatic N) is 3. The van der Waals surface area contributed by atoms with Gasteiger partial charge in [-0.25, -0.2) is 9.97 Å². The molecular formula is C20H19ClN4. The number of fused-ring (bicyclic) bond motifs is 1. The Morgan fingerprint density at radius 2 is 1.88 bits per heavy atom. The number of halogens is 1. The van der Waals surface area contributed by atoms with E-state index in [4.69, 9.17) is 11.6 Å². The number of rotatable bonds is 5. The van der Waals surface area contributed by atoms with Crippen LogP contribution in [-0.2, 0) is 12.8 Å². The molecule has 0 bridgehead atoms. The van der Waals surface area contributed by atoms with E-state index in [1.54, 1.807) is 6.33 Å². The Morgan fingerprint density at radius 3 is 2.76 bits per heavy atom. The van der Waals surface area contributed by atoms with Gasteiger partial charge in [0.05, 0.1) is 0 Å². The van der Waals surface area contributed by atoms with Crippen LogP contribution in [0.1, 0.15) is 11.1 Å². The Balaban J connectivity index is 1.43. The molecule has 4 nitrogen and oxygen atoms in total. The topological polar surface area (TPSA) is 41.0 Å². The first-order chi connectivity index (χ1) is 12.3. The molecule has 1 aromatic heterocycles. The first-order valence-corrected chi connectivity index (χ1v) is 8.83. The van der Waals surface area contributed by atoms with Gasteiger partial charge in [0.2, 0.25) is 0 Å². The second kappa shape index (κ2) is 7.11. The molecular weight excluding hydrogens is 332 g/mol. The first kappa shape index (κ1) is 15.9. The van der Waals surface area contributed by atoms with E-state index in [-0.39, 0.29) is 0 Å². The Labute approximate surface area is 152 Å². The van der Waals surface area contributed by atoms with Crippen LogP contribution in [0.25, 0.3) is 0 Å². The molecule has 2 heterocycles. The highest BCUT2D eigenvalue weighted by Crippen LogP contribution is 2.33. The lowest BCUT2D eigenvalue weighted by atomic mass is 10.1. The summed E-state index contributed by atoms with van der Waals surface area (Å²) >= 11 is 5.92. The summed E-state index contributed by atoms with van der Waals surface area (Å²) in [5.41, 5.74) is 3.87. The van der Waals surface area contributed by atoms with E-state index >= 15 is 0 Å². The van der Waals surface area contributed by atoms with Crippen LogP contribution in [0, 0.1) is 0 Å². The van der Waals surface area contributed by atoms with Crippen molar-refractivity contribution in [2.45, 2.75) is 12.8 Å². The molecule has 0 aliphatic carbocycles. The van der Waals surface area contributed by atoms with E-state index in [1.165, 1.54) is 16.8 Å². The summed E-state index contributed by atoms with van der Waals surface area (Å²) < 4.78 is 0. The van der Waals surface area contributed by atoms with Crippen molar-refractivity contribution in [2.24, 2.45) is 0 Å². The number of aromatic nitrogens is 2. The fraction of sp³-hybridized carbons (Fsp3) is 0.200. The van der Waals surface area contributed by atoms with Gasteiger partial charge in [-0.1, -0.05) is 41.9 Å². The Morgan fingerprint density at radius 1 is 1.04 bits per heavy atom. The number of anilines is 3. The Kier molecular flexibility index (Phi) is 4.53. The molecule has 2 aromatic carbocycles. The van der Waals surface area contributed by atoms with Crippen LogP contribution in [0.4, 0.5) is 17.3 Å². The van der Waals surface area contributed by atoms with Crippen LogP contribution in [0.3, 0.4) is 0 Å². The normalized spacial score (nSPS) is 12.9. The maximum absolute atomic E-state index is 5.92. The second-order valence-electron chi connectivity index (χ2n) is 6.10. The fourth-order valence-corrected chi connectivity index (χ4v) is 3.28. The van der Waals surface area contributed by atoms with E-state index in [1.807, 2.05) is 18.2 Å². The molecule has 0 fully saturated rings. The third-order valence-corrected chi connectivity index (χ3v) is 4.70. The zero-order valence-electron chi connectivity index (χ0n) is 13.8. The van der Waals surface area contributed by atoms with E-state index in [0.29, 0.717) is 0 Å². The lowest BCUT2D eigenvalue weighted by Crippen LogP contribution is -2.15. The van der Waals surface area contributed by atoms with Crippen LogP contribution < -0.4 is 10.2 Å². The lowest BCUT2D eigenvalue weighted by Gasteiger charge is -2.18. The van der Waals surface area contributed by atoms with E-state index in [0.717, 1.165) is 42.6 Å². The van der Waals surface area contributed by atoms with Gasteiger partial charge >= 0.3 is 0 Å². The molecule has 0 spiro atoms. The number of hydrogen-bond donors (Lipinski definition) is 1. The molecule has 126 valence electrons. The minimum atomic E-state index is 0.767. The van der Waals surface area contributed by atoms with E-state index in [2.05, 4.69) is 56.6 Å². The van der Waals surface area contributed by atoms with Crippen LogP contribution in [-0.4, -0.2) is 23.1 Å². The van der Waals surface area contributed by atoms with Crippen molar-refractivity contribution < 1.29 is 0 Å². The van der Waals surface area contributed by atoms with Gasteiger partial charge in [0, 0.05) is 29.9 Å². The SMILES string of the molecule is Clc1ccc(CCNc2cc(N3CCc4ccccc43)ncn2)cc1. The summed E-state index contributed by atoms with van der Waals surface area (Å²) in [6, 6.07) is 18.5. The molecule has 0 unspecified atom stereocenters. The molecule has 0 amide bonds. The van der Waals surface area contributed by atoms with Crippen molar-refractivity contribution in [3.63, 3.8) is 0 Å². The monoisotopic (exact) mass is 350 g/mol. The average molecular weight is 351 g/mol. The zero-order valence-corrected chi connectivity index (χ0v) is 14.6. The van der Waals surface area contributed by atoms with Crippen molar-refractivity contribution in [1.29, 1.82) is 0 Å². The highest BCUT2D eigenvalue weighted by atomic mass is 35.5. The van der Waals surface area contributed by atoms with Crippen molar-refractivity contribution in [3.8, 4) is 0 Å². The van der Waals surface area contributed by atoms with Crippen LogP contribution in [0.5, 0.6) is 0 Å². The number of para-hydroxylation sites is 1. The summed E-state index contributed by atoms with van der Waals surface area (Å²) in [5.74, 6) is 1.79.